The van der Waals surface area contributed by atoms with Crippen LogP contribution in [0.15, 0.2) is 134 Å². The first-order valence-electron chi connectivity index (χ1n) is 27.0. The SMILES string of the molecule is CC\C=C/C=C/C=C/C=C\C=C\C=C\CCCCCC(=O)OC(/C=C/C/C=C/C/C=C/C/C=C/C/C=C/CC)CC(=O)NC(CO)C(O)CCCCCCCCCCCCCCCCCCC. The summed E-state index contributed by atoms with van der Waals surface area (Å²) in [5.41, 5.74) is 0. The van der Waals surface area contributed by atoms with Crippen molar-refractivity contribution in [3.63, 3.8) is 0 Å². The van der Waals surface area contributed by atoms with Crippen LogP contribution in [-0.2, 0) is 14.3 Å². The van der Waals surface area contributed by atoms with Crippen molar-refractivity contribution in [3.8, 4) is 0 Å². The summed E-state index contributed by atoms with van der Waals surface area (Å²) in [6.45, 7) is 6.18. The van der Waals surface area contributed by atoms with Gasteiger partial charge in [0.25, 0.3) is 0 Å². The molecule has 6 nitrogen and oxygen atoms in total. The first-order valence-corrected chi connectivity index (χ1v) is 27.0. The first-order chi connectivity index (χ1) is 33.0. The summed E-state index contributed by atoms with van der Waals surface area (Å²) in [4.78, 5) is 26.1. The quantitative estimate of drug-likeness (QED) is 0.0245. The zero-order valence-corrected chi connectivity index (χ0v) is 43.0. The van der Waals surface area contributed by atoms with Crippen molar-refractivity contribution < 1.29 is 24.5 Å². The molecule has 0 aromatic rings. The minimum Gasteiger partial charge on any atom is -0.458 e. The molecule has 0 saturated heterocycles. The molecule has 6 heteroatoms. The Hall–Kier alpha value is -4.00. The fourth-order valence-corrected chi connectivity index (χ4v) is 7.36. The third-order valence-corrected chi connectivity index (χ3v) is 11.4. The van der Waals surface area contributed by atoms with Gasteiger partial charge in [-0.2, -0.15) is 0 Å². The van der Waals surface area contributed by atoms with Gasteiger partial charge in [0, 0.05) is 6.42 Å². The second kappa shape index (κ2) is 53.0. The van der Waals surface area contributed by atoms with E-state index in [9.17, 15) is 19.8 Å². The fraction of sp³-hybridized carbons (Fsp3) is 0.607. The Labute approximate surface area is 412 Å². The Morgan fingerprint density at radius 2 is 0.896 bits per heavy atom. The Bertz CT molecular complexity index is 1460. The maximum absolute atomic E-state index is 13.2. The summed E-state index contributed by atoms with van der Waals surface area (Å²) in [5, 5.41) is 23.8. The summed E-state index contributed by atoms with van der Waals surface area (Å²) in [7, 11) is 0. The number of aliphatic hydroxyl groups is 2. The lowest BCUT2D eigenvalue weighted by atomic mass is 10.0. The normalized spacial score (nSPS) is 14.3. The molecule has 3 N–H and O–H groups in total. The summed E-state index contributed by atoms with van der Waals surface area (Å²) < 4.78 is 5.81. The number of hydrogen-bond acceptors (Lipinski definition) is 5. The van der Waals surface area contributed by atoms with Crippen LogP contribution in [0.5, 0.6) is 0 Å². The molecule has 0 aromatic heterocycles. The van der Waals surface area contributed by atoms with Gasteiger partial charge in [0.2, 0.25) is 5.91 Å². The van der Waals surface area contributed by atoms with Gasteiger partial charge in [-0.25, -0.2) is 0 Å². The monoisotopic (exact) mass is 926 g/mol. The average Bonchev–Trinajstić information content (AvgIpc) is 3.32. The summed E-state index contributed by atoms with van der Waals surface area (Å²) in [6.07, 6.45) is 75.4. The largest absolute Gasteiger partial charge is 0.458 e. The van der Waals surface area contributed by atoms with E-state index in [4.69, 9.17) is 4.74 Å². The minimum atomic E-state index is -0.837. The number of nitrogens with one attached hydrogen (secondary N) is 1. The van der Waals surface area contributed by atoms with Crippen molar-refractivity contribution in [3.05, 3.63) is 134 Å². The molecule has 3 unspecified atom stereocenters. The zero-order valence-electron chi connectivity index (χ0n) is 43.0. The van der Waals surface area contributed by atoms with E-state index in [1.54, 1.807) is 6.08 Å². The van der Waals surface area contributed by atoms with Gasteiger partial charge in [0.05, 0.1) is 25.2 Å². The highest BCUT2D eigenvalue weighted by Gasteiger charge is 2.23. The molecule has 0 saturated carbocycles. The topological polar surface area (TPSA) is 95.9 Å². The number of unbranched alkanes of at least 4 members (excludes halogenated alkanes) is 19. The van der Waals surface area contributed by atoms with Gasteiger partial charge in [-0.05, 0) is 70.3 Å². The summed E-state index contributed by atoms with van der Waals surface area (Å²) >= 11 is 0. The highest BCUT2D eigenvalue weighted by Crippen LogP contribution is 2.16. The van der Waals surface area contributed by atoms with E-state index in [1.165, 1.54) is 89.9 Å². The van der Waals surface area contributed by atoms with Crippen LogP contribution in [0.3, 0.4) is 0 Å². The third-order valence-electron chi connectivity index (χ3n) is 11.4. The van der Waals surface area contributed by atoms with E-state index in [2.05, 4.69) is 86.8 Å². The molecule has 0 aliphatic heterocycles. The molecular weight excluding hydrogens is 827 g/mol. The van der Waals surface area contributed by atoms with Crippen LogP contribution in [0, 0.1) is 0 Å². The second-order valence-corrected chi connectivity index (χ2v) is 17.7. The number of hydrogen-bond donors (Lipinski definition) is 3. The number of allylic oxidation sites excluding steroid dienone is 21. The van der Waals surface area contributed by atoms with Crippen molar-refractivity contribution in [1.82, 2.24) is 5.32 Å². The number of carbonyl (C=O) groups is 2. The molecule has 0 bridgehead atoms. The summed E-state index contributed by atoms with van der Waals surface area (Å²) in [5.74, 6) is -0.692. The maximum Gasteiger partial charge on any atom is 0.306 e. The number of rotatable bonds is 46. The first kappa shape index (κ1) is 63.0. The van der Waals surface area contributed by atoms with Crippen LogP contribution in [0.1, 0.15) is 213 Å². The predicted molar refractivity (Wildman–Crippen MR) is 291 cm³/mol. The smallest absolute Gasteiger partial charge is 0.306 e. The molecule has 0 fully saturated rings. The van der Waals surface area contributed by atoms with Gasteiger partial charge in [-0.3, -0.25) is 9.59 Å². The van der Waals surface area contributed by atoms with Gasteiger partial charge in [-0.15, -0.1) is 0 Å². The average molecular weight is 926 g/mol. The molecule has 0 rings (SSSR count). The van der Waals surface area contributed by atoms with Crippen molar-refractivity contribution in [2.24, 2.45) is 0 Å². The van der Waals surface area contributed by atoms with E-state index in [0.29, 0.717) is 19.3 Å². The van der Waals surface area contributed by atoms with Gasteiger partial charge in [0.1, 0.15) is 6.10 Å². The van der Waals surface area contributed by atoms with E-state index >= 15 is 0 Å². The number of ether oxygens (including phenoxy) is 1. The molecule has 0 aromatic carbocycles. The number of aliphatic hydroxyl groups excluding tert-OH is 2. The Morgan fingerprint density at radius 3 is 1.37 bits per heavy atom. The number of esters is 1. The van der Waals surface area contributed by atoms with Crippen LogP contribution < -0.4 is 5.32 Å². The predicted octanol–water partition coefficient (Wildman–Crippen LogP) is 16.6. The van der Waals surface area contributed by atoms with E-state index < -0.39 is 18.2 Å². The maximum atomic E-state index is 13.2. The number of carbonyl (C=O) groups excluding carboxylic acids is 2. The second-order valence-electron chi connectivity index (χ2n) is 17.7. The van der Waals surface area contributed by atoms with Crippen LogP contribution in [-0.4, -0.2) is 46.9 Å². The Morgan fingerprint density at radius 1 is 0.478 bits per heavy atom. The van der Waals surface area contributed by atoms with Crippen LogP contribution >= 0.6 is 0 Å². The van der Waals surface area contributed by atoms with Crippen molar-refractivity contribution in [2.45, 2.75) is 232 Å². The molecule has 378 valence electrons. The summed E-state index contributed by atoms with van der Waals surface area (Å²) in [6, 6.07) is -0.762. The molecule has 0 aliphatic rings. The van der Waals surface area contributed by atoms with Gasteiger partial charge >= 0.3 is 5.97 Å². The highest BCUT2D eigenvalue weighted by molar-refractivity contribution is 5.78. The van der Waals surface area contributed by atoms with Gasteiger partial charge in [0.15, 0.2) is 0 Å². The van der Waals surface area contributed by atoms with Gasteiger partial charge < -0.3 is 20.3 Å². The van der Waals surface area contributed by atoms with Gasteiger partial charge in [-0.1, -0.05) is 264 Å². The molecule has 0 spiro atoms. The minimum absolute atomic E-state index is 0.0731. The van der Waals surface area contributed by atoms with Crippen LogP contribution in [0.4, 0.5) is 0 Å². The van der Waals surface area contributed by atoms with Crippen molar-refractivity contribution >= 4 is 11.9 Å². The van der Waals surface area contributed by atoms with E-state index in [1.807, 2.05) is 66.8 Å². The molecule has 0 radical (unpaired) electrons. The molecule has 67 heavy (non-hydrogen) atoms. The Kier molecular flexibility index (Phi) is 49.8. The van der Waals surface area contributed by atoms with Crippen molar-refractivity contribution in [1.29, 1.82) is 0 Å². The lowest BCUT2D eigenvalue weighted by Gasteiger charge is -2.23. The zero-order chi connectivity index (χ0) is 48.8. The molecule has 0 heterocycles. The molecular formula is C61H99NO5. The standard InChI is InChI=1S/C61H99NO5/c1-4-7-10-13-16-19-22-25-28-30-32-35-38-41-44-47-50-53-59(64)58(56-63)62-60(65)55-57(52-49-46-43-40-37-34-27-24-21-18-15-12-9-6-3)67-61(66)54-51-48-45-42-39-36-33-31-29-26-23-20-17-14-11-8-5-2/h8-9,11-12,14,17-18,20-21,23,26-27,29,31,33-34,36,39-40,43,49,52,57-59,63-64H,4-7,10,13,15-16,19,22,24-25,28,30,32,35,37-38,41-42,44-48,50-51,53-56H2,1-3H3,(H,62,65)/b11-8-,12-9+,17-14+,21-18+,23-20+,29-26-,33-31+,34-27+,39-36+,43-40+,52-49+. The third kappa shape index (κ3) is 48.3. The molecule has 3 atom stereocenters. The van der Waals surface area contributed by atoms with Crippen molar-refractivity contribution in [2.75, 3.05) is 6.61 Å². The molecule has 1 amide bonds. The Balaban J connectivity index is 4.78. The number of amides is 1. The van der Waals surface area contributed by atoms with Crippen LogP contribution in [0.2, 0.25) is 0 Å². The molecule has 0 aliphatic carbocycles. The van der Waals surface area contributed by atoms with E-state index in [-0.39, 0.29) is 31.3 Å². The van der Waals surface area contributed by atoms with E-state index in [0.717, 1.165) is 70.6 Å². The highest BCUT2D eigenvalue weighted by atomic mass is 16.5. The fourth-order valence-electron chi connectivity index (χ4n) is 7.36. The lowest BCUT2D eigenvalue weighted by molar-refractivity contribution is -0.148. The lowest BCUT2D eigenvalue weighted by Crippen LogP contribution is -2.46. The van der Waals surface area contributed by atoms with Crippen LogP contribution in [0.25, 0.3) is 0 Å².